The van der Waals surface area contributed by atoms with E-state index in [-0.39, 0.29) is 0 Å². The van der Waals surface area contributed by atoms with Crippen LogP contribution in [0.15, 0.2) is 6.07 Å². The topological polar surface area (TPSA) is 41.1 Å². The minimum absolute atomic E-state index is 0.698. The van der Waals surface area contributed by atoms with E-state index in [4.69, 9.17) is 4.98 Å². The van der Waals surface area contributed by atoms with Crippen molar-refractivity contribution in [1.82, 2.24) is 14.9 Å². The Morgan fingerprint density at radius 3 is 2.86 bits per heavy atom. The Kier molecular flexibility index (Phi) is 6.43. The fourth-order valence-electron chi connectivity index (χ4n) is 3.13. The number of rotatable bonds is 6. The van der Waals surface area contributed by atoms with Gasteiger partial charge in [0.25, 0.3) is 0 Å². The van der Waals surface area contributed by atoms with E-state index >= 15 is 0 Å². The highest BCUT2D eigenvalue weighted by Crippen LogP contribution is 2.21. The van der Waals surface area contributed by atoms with Crippen molar-refractivity contribution in [3.63, 3.8) is 0 Å². The van der Waals surface area contributed by atoms with Crippen molar-refractivity contribution < 1.29 is 0 Å². The molecule has 1 atom stereocenters. The molecule has 4 heteroatoms. The van der Waals surface area contributed by atoms with Crippen LogP contribution in [0.2, 0.25) is 0 Å². The molecule has 0 aliphatic carbocycles. The second kappa shape index (κ2) is 8.32. The van der Waals surface area contributed by atoms with E-state index < -0.39 is 0 Å². The first-order valence-electron chi connectivity index (χ1n) is 8.55. The molecule has 1 aliphatic rings. The van der Waals surface area contributed by atoms with Crippen molar-refractivity contribution >= 4 is 5.82 Å². The van der Waals surface area contributed by atoms with Crippen LogP contribution in [-0.4, -0.2) is 34.0 Å². The van der Waals surface area contributed by atoms with Crippen molar-refractivity contribution in [3.8, 4) is 0 Å². The standard InChI is InChI=1S/C17H30N4/c1-4-10-18-16-12-14(3)19-17(20-16)13-21-11-8-6-7-9-15(21)5-2/h12,15H,4-11,13H2,1-3H3,(H,18,19,20). The van der Waals surface area contributed by atoms with Crippen LogP contribution in [0.5, 0.6) is 0 Å². The maximum absolute atomic E-state index is 4.70. The molecule has 1 aliphatic heterocycles. The molecule has 0 amide bonds. The highest BCUT2D eigenvalue weighted by atomic mass is 15.2. The molecule has 0 spiro atoms. The van der Waals surface area contributed by atoms with Crippen LogP contribution < -0.4 is 5.32 Å². The lowest BCUT2D eigenvalue weighted by atomic mass is 10.1. The van der Waals surface area contributed by atoms with E-state index in [0.29, 0.717) is 6.04 Å². The minimum atomic E-state index is 0.698. The third kappa shape index (κ3) is 4.95. The summed E-state index contributed by atoms with van der Waals surface area (Å²) in [4.78, 5) is 11.9. The van der Waals surface area contributed by atoms with Gasteiger partial charge < -0.3 is 5.32 Å². The number of hydrogen-bond acceptors (Lipinski definition) is 4. The number of likely N-dealkylation sites (tertiary alicyclic amines) is 1. The second-order valence-electron chi connectivity index (χ2n) is 6.12. The van der Waals surface area contributed by atoms with Crippen LogP contribution >= 0.6 is 0 Å². The van der Waals surface area contributed by atoms with Gasteiger partial charge in [-0.25, -0.2) is 9.97 Å². The van der Waals surface area contributed by atoms with Crippen LogP contribution in [0.4, 0.5) is 5.82 Å². The Hall–Kier alpha value is -1.16. The van der Waals surface area contributed by atoms with Gasteiger partial charge in [0.1, 0.15) is 11.6 Å². The van der Waals surface area contributed by atoms with Crippen LogP contribution in [0.1, 0.15) is 63.9 Å². The smallest absolute Gasteiger partial charge is 0.144 e. The van der Waals surface area contributed by atoms with Crippen LogP contribution in [0.25, 0.3) is 0 Å². The molecule has 1 N–H and O–H groups in total. The lowest BCUT2D eigenvalue weighted by Gasteiger charge is -2.28. The van der Waals surface area contributed by atoms with Crippen LogP contribution in [0.3, 0.4) is 0 Å². The average molecular weight is 290 g/mol. The third-order valence-electron chi connectivity index (χ3n) is 4.27. The van der Waals surface area contributed by atoms with Crippen molar-refractivity contribution in [1.29, 1.82) is 0 Å². The molecule has 1 aromatic heterocycles. The highest BCUT2D eigenvalue weighted by molar-refractivity contribution is 5.35. The fraction of sp³-hybridized carbons (Fsp3) is 0.765. The first-order chi connectivity index (χ1) is 10.2. The Morgan fingerprint density at radius 1 is 1.24 bits per heavy atom. The Labute approximate surface area is 129 Å². The molecule has 0 aromatic carbocycles. The van der Waals surface area contributed by atoms with Gasteiger partial charge >= 0.3 is 0 Å². The van der Waals surface area contributed by atoms with Gasteiger partial charge in [-0.05, 0) is 39.2 Å². The summed E-state index contributed by atoms with van der Waals surface area (Å²) in [5.74, 6) is 1.94. The molecule has 1 fully saturated rings. The van der Waals surface area contributed by atoms with Crippen LogP contribution in [-0.2, 0) is 6.54 Å². The number of nitrogens with one attached hydrogen (secondary N) is 1. The summed E-state index contributed by atoms with van der Waals surface area (Å²) in [6.45, 7) is 9.58. The highest BCUT2D eigenvalue weighted by Gasteiger charge is 2.20. The van der Waals surface area contributed by atoms with Gasteiger partial charge in [0.15, 0.2) is 0 Å². The summed E-state index contributed by atoms with van der Waals surface area (Å²) in [5.41, 5.74) is 1.06. The summed E-state index contributed by atoms with van der Waals surface area (Å²) in [6.07, 6.45) is 7.71. The Bertz CT molecular complexity index is 433. The predicted octanol–water partition coefficient (Wildman–Crippen LogP) is 3.76. The molecule has 2 heterocycles. The predicted molar refractivity (Wildman–Crippen MR) is 88.5 cm³/mol. The monoisotopic (exact) mass is 290 g/mol. The Balaban J connectivity index is 2.07. The maximum Gasteiger partial charge on any atom is 0.144 e. The zero-order valence-electron chi connectivity index (χ0n) is 13.9. The molecule has 0 bridgehead atoms. The molecule has 2 rings (SSSR count). The fourth-order valence-corrected chi connectivity index (χ4v) is 3.13. The Morgan fingerprint density at radius 2 is 2.10 bits per heavy atom. The zero-order chi connectivity index (χ0) is 15.1. The number of nitrogens with zero attached hydrogens (tertiary/aromatic N) is 3. The molecule has 4 nitrogen and oxygen atoms in total. The molecular formula is C17H30N4. The molecule has 1 saturated heterocycles. The summed E-state index contributed by atoms with van der Waals surface area (Å²) < 4.78 is 0. The van der Waals surface area contributed by atoms with Gasteiger partial charge in [0, 0.05) is 24.3 Å². The summed E-state index contributed by atoms with van der Waals surface area (Å²) in [7, 11) is 0. The first-order valence-corrected chi connectivity index (χ1v) is 8.55. The van der Waals surface area contributed by atoms with Gasteiger partial charge in [-0.2, -0.15) is 0 Å². The summed E-state index contributed by atoms with van der Waals surface area (Å²) in [6, 6.07) is 2.74. The lowest BCUT2D eigenvalue weighted by molar-refractivity contribution is 0.181. The van der Waals surface area contributed by atoms with E-state index in [1.54, 1.807) is 0 Å². The first kappa shape index (κ1) is 16.2. The lowest BCUT2D eigenvalue weighted by Crippen LogP contribution is -2.34. The van der Waals surface area contributed by atoms with Gasteiger partial charge in [-0.15, -0.1) is 0 Å². The molecule has 1 unspecified atom stereocenters. The normalized spacial score (nSPS) is 20.2. The summed E-state index contributed by atoms with van der Waals surface area (Å²) >= 11 is 0. The quantitative estimate of drug-likeness (QED) is 0.866. The molecule has 0 saturated carbocycles. The molecule has 1 aromatic rings. The van der Waals surface area contributed by atoms with Crippen LogP contribution in [0, 0.1) is 6.92 Å². The third-order valence-corrected chi connectivity index (χ3v) is 4.27. The summed E-state index contributed by atoms with van der Waals surface area (Å²) in [5, 5.41) is 3.38. The van der Waals surface area contributed by atoms with E-state index in [9.17, 15) is 0 Å². The second-order valence-corrected chi connectivity index (χ2v) is 6.12. The van der Waals surface area contributed by atoms with Gasteiger partial charge in [-0.3, -0.25) is 4.90 Å². The van der Waals surface area contributed by atoms with Crippen molar-refractivity contribution in [2.45, 2.75) is 71.9 Å². The largest absolute Gasteiger partial charge is 0.370 e. The van der Waals surface area contributed by atoms with E-state index in [2.05, 4.69) is 36.0 Å². The zero-order valence-corrected chi connectivity index (χ0v) is 13.9. The molecule has 0 radical (unpaired) electrons. The van der Waals surface area contributed by atoms with Crippen molar-refractivity contribution in [2.24, 2.45) is 0 Å². The van der Waals surface area contributed by atoms with Gasteiger partial charge in [0.2, 0.25) is 0 Å². The maximum atomic E-state index is 4.70. The van der Waals surface area contributed by atoms with Crippen molar-refractivity contribution in [3.05, 3.63) is 17.6 Å². The number of hydrogen-bond donors (Lipinski definition) is 1. The molecular weight excluding hydrogens is 260 g/mol. The number of aromatic nitrogens is 2. The van der Waals surface area contributed by atoms with E-state index in [1.807, 2.05) is 6.07 Å². The average Bonchev–Trinajstić information content (AvgIpc) is 2.69. The molecule has 118 valence electrons. The van der Waals surface area contributed by atoms with E-state index in [0.717, 1.165) is 36.8 Å². The minimum Gasteiger partial charge on any atom is -0.370 e. The SMILES string of the molecule is CCCNc1cc(C)nc(CN2CCCCCC2CC)n1. The molecule has 21 heavy (non-hydrogen) atoms. The van der Waals surface area contributed by atoms with Crippen molar-refractivity contribution in [2.75, 3.05) is 18.4 Å². The van der Waals surface area contributed by atoms with Gasteiger partial charge in [-0.1, -0.05) is 26.7 Å². The number of aryl methyl sites for hydroxylation is 1. The van der Waals surface area contributed by atoms with E-state index in [1.165, 1.54) is 38.6 Å². The number of anilines is 1. The van der Waals surface area contributed by atoms with Gasteiger partial charge in [0.05, 0.1) is 6.54 Å².